The molecule has 0 aromatic carbocycles. The van der Waals surface area contributed by atoms with E-state index in [9.17, 15) is 9.59 Å². The number of hydrogen-bond acceptors (Lipinski definition) is 6. The molecule has 2 aliphatic rings. The van der Waals surface area contributed by atoms with E-state index in [0.717, 1.165) is 30.8 Å². The van der Waals surface area contributed by atoms with Crippen molar-refractivity contribution >= 4 is 23.3 Å². The van der Waals surface area contributed by atoms with Crippen molar-refractivity contribution in [3.05, 3.63) is 16.1 Å². The van der Waals surface area contributed by atoms with Gasteiger partial charge in [-0.1, -0.05) is 6.42 Å². The maximum Gasteiger partial charge on any atom is 0.410 e. The molecule has 2 aliphatic heterocycles. The van der Waals surface area contributed by atoms with E-state index in [4.69, 9.17) is 4.74 Å². The Kier molecular flexibility index (Phi) is 8.33. The Labute approximate surface area is 190 Å². The van der Waals surface area contributed by atoms with E-state index in [0.29, 0.717) is 37.3 Å². The van der Waals surface area contributed by atoms with Gasteiger partial charge in [-0.3, -0.25) is 4.79 Å². The fourth-order valence-corrected chi connectivity index (χ4v) is 5.25. The lowest BCUT2D eigenvalue weighted by Crippen LogP contribution is -2.41. The number of piperidine rings is 2. The van der Waals surface area contributed by atoms with E-state index in [1.165, 1.54) is 25.8 Å². The molecule has 0 saturated carbocycles. The molecular weight excluding hydrogens is 412 g/mol. The molecule has 0 radical (unpaired) electrons. The summed E-state index contributed by atoms with van der Waals surface area (Å²) in [4.78, 5) is 33.6. The number of hydrogen-bond donors (Lipinski definition) is 1. The highest BCUT2D eigenvalue weighted by Crippen LogP contribution is 2.31. The minimum Gasteiger partial charge on any atom is -0.444 e. The van der Waals surface area contributed by atoms with Crippen molar-refractivity contribution in [2.75, 3.05) is 32.7 Å². The van der Waals surface area contributed by atoms with Crippen molar-refractivity contribution in [1.29, 1.82) is 0 Å². The average molecular weight is 451 g/mol. The third-order valence-electron chi connectivity index (χ3n) is 6.10. The summed E-state index contributed by atoms with van der Waals surface area (Å²) in [5, 5.41) is 5.88. The summed E-state index contributed by atoms with van der Waals surface area (Å²) in [5.74, 6) is 0.214. The molecule has 0 bridgehead atoms. The van der Waals surface area contributed by atoms with E-state index < -0.39 is 5.60 Å². The highest BCUT2D eigenvalue weighted by Gasteiger charge is 2.29. The predicted molar refractivity (Wildman–Crippen MR) is 124 cm³/mol. The zero-order valence-corrected chi connectivity index (χ0v) is 20.3. The van der Waals surface area contributed by atoms with Crippen LogP contribution in [0.2, 0.25) is 0 Å². The van der Waals surface area contributed by atoms with Gasteiger partial charge in [0.2, 0.25) is 0 Å². The van der Waals surface area contributed by atoms with Crippen LogP contribution in [0.1, 0.15) is 87.6 Å². The Morgan fingerprint density at radius 1 is 1.19 bits per heavy atom. The summed E-state index contributed by atoms with van der Waals surface area (Å²) in [6.45, 7) is 12.2. The Balaban J connectivity index is 1.39. The summed E-state index contributed by atoms with van der Waals surface area (Å²) in [6, 6.07) is 0.660. The molecule has 1 atom stereocenters. The van der Waals surface area contributed by atoms with Crippen molar-refractivity contribution < 1.29 is 14.3 Å². The van der Waals surface area contributed by atoms with E-state index >= 15 is 0 Å². The molecule has 174 valence electrons. The standard InChI is InChI=1S/C23H38N4O3S/c1-17-8-5-6-12-26(17)13-7-11-24-20(28)19-16-31-21(25-19)18-9-14-27(15-10-18)22(29)30-23(2,3)4/h16-18H,5-15H2,1-4H3,(H,24,28). The third-order valence-corrected chi connectivity index (χ3v) is 7.11. The maximum atomic E-state index is 12.5. The van der Waals surface area contributed by atoms with E-state index in [2.05, 4.69) is 22.1 Å². The summed E-state index contributed by atoms with van der Waals surface area (Å²) < 4.78 is 5.46. The van der Waals surface area contributed by atoms with Gasteiger partial charge in [0.05, 0.1) is 5.01 Å². The van der Waals surface area contributed by atoms with Crippen molar-refractivity contribution in [2.24, 2.45) is 0 Å². The molecule has 1 N–H and O–H groups in total. The second-order valence-corrected chi connectivity index (χ2v) is 10.7. The van der Waals surface area contributed by atoms with Gasteiger partial charge in [-0.05, 0) is 66.3 Å². The Bertz CT molecular complexity index is 737. The van der Waals surface area contributed by atoms with Crippen LogP contribution >= 0.6 is 11.3 Å². The molecule has 31 heavy (non-hydrogen) atoms. The van der Waals surface area contributed by atoms with Gasteiger partial charge in [0.1, 0.15) is 11.3 Å². The Morgan fingerprint density at radius 2 is 1.94 bits per heavy atom. The number of nitrogens with zero attached hydrogens (tertiary/aromatic N) is 3. The Morgan fingerprint density at radius 3 is 2.61 bits per heavy atom. The van der Waals surface area contributed by atoms with Crippen LogP contribution in [-0.4, -0.2) is 71.2 Å². The van der Waals surface area contributed by atoms with Crippen LogP contribution in [0, 0.1) is 0 Å². The molecule has 3 rings (SSSR count). The molecule has 3 heterocycles. The molecule has 0 aliphatic carbocycles. The highest BCUT2D eigenvalue weighted by molar-refractivity contribution is 7.09. The van der Waals surface area contributed by atoms with Crippen LogP contribution in [0.15, 0.2) is 5.38 Å². The van der Waals surface area contributed by atoms with Gasteiger partial charge >= 0.3 is 6.09 Å². The van der Waals surface area contributed by atoms with Gasteiger partial charge < -0.3 is 19.9 Å². The molecule has 1 unspecified atom stereocenters. The van der Waals surface area contributed by atoms with Gasteiger partial charge in [-0.2, -0.15) is 0 Å². The van der Waals surface area contributed by atoms with Crippen LogP contribution < -0.4 is 5.32 Å². The quantitative estimate of drug-likeness (QED) is 0.656. The fraction of sp³-hybridized carbons (Fsp3) is 0.783. The lowest BCUT2D eigenvalue weighted by atomic mass is 9.98. The first-order valence-electron chi connectivity index (χ1n) is 11.7. The van der Waals surface area contributed by atoms with Crippen LogP contribution in [0.3, 0.4) is 0 Å². The summed E-state index contributed by atoms with van der Waals surface area (Å²) in [7, 11) is 0. The summed E-state index contributed by atoms with van der Waals surface area (Å²) in [6.07, 6.45) is 6.32. The number of aromatic nitrogens is 1. The number of thiazole rings is 1. The van der Waals surface area contributed by atoms with Gasteiger partial charge in [0.15, 0.2) is 0 Å². The average Bonchev–Trinajstić information content (AvgIpc) is 3.21. The zero-order chi connectivity index (χ0) is 22.4. The number of rotatable bonds is 6. The monoisotopic (exact) mass is 450 g/mol. The largest absolute Gasteiger partial charge is 0.444 e. The van der Waals surface area contributed by atoms with E-state index in [-0.39, 0.29) is 12.0 Å². The molecule has 2 saturated heterocycles. The maximum absolute atomic E-state index is 12.5. The Hall–Kier alpha value is -1.67. The lowest BCUT2D eigenvalue weighted by Gasteiger charge is -2.33. The van der Waals surface area contributed by atoms with Crippen molar-refractivity contribution in [1.82, 2.24) is 20.1 Å². The minimum atomic E-state index is -0.475. The number of nitrogens with one attached hydrogen (secondary N) is 1. The van der Waals surface area contributed by atoms with Gasteiger partial charge in [-0.15, -0.1) is 11.3 Å². The smallest absolute Gasteiger partial charge is 0.410 e. The van der Waals surface area contributed by atoms with E-state index in [1.54, 1.807) is 16.2 Å². The molecule has 2 amide bonds. The first kappa shape index (κ1) is 24.0. The first-order valence-corrected chi connectivity index (χ1v) is 12.6. The molecule has 2 fully saturated rings. The SMILES string of the molecule is CC1CCCCN1CCCNC(=O)c1csc(C2CCN(C(=O)OC(C)(C)C)CC2)n1. The van der Waals surface area contributed by atoms with Gasteiger partial charge in [0.25, 0.3) is 5.91 Å². The molecule has 8 heteroatoms. The third kappa shape index (κ3) is 7.17. The number of ether oxygens (including phenoxy) is 1. The van der Waals surface area contributed by atoms with Crippen molar-refractivity contribution in [2.45, 2.75) is 83.8 Å². The number of amides is 2. The summed E-state index contributed by atoms with van der Waals surface area (Å²) >= 11 is 1.55. The summed E-state index contributed by atoms with van der Waals surface area (Å²) in [5.41, 5.74) is 0.0401. The van der Waals surface area contributed by atoms with Crippen LogP contribution in [0.5, 0.6) is 0 Å². The van der Waals surface area contributed by atoms with Gasteiger partial charge in [0, 0.05) is 43.5 Å². The minimum absolute atomic E-state index is 0.0830. The topological polar surface area (TPSA) is 74.8 Å². The molecule has 0 spiro atoms. The second kappa shape index (κ2) is 10.8. The highest BCUT2D eigenvalue weighted by atomic mass is 32.1. The molecule has 7 nitrogen and oxygen atoms in total. The van der Waals surface area contributed by atoms with Crippen LogP contribution in [0.4, 0.5) is 4.79 Å². The molecular formula is C23H38N4O3S. The second-order valence-electron chi connectivity index (χ2n) is 9.80. The molecule has 1 aromatic heterocycles. The predicted octanol–water partition coefficient (Wildman–Crippen LogP) is 4.25. The normalized spacial score (nSPS) is 21.2. The number of carbonyl (C=O) groups excluding carboxylic acids is 2. The first-order chi connectivity index (χ1) is 14.7. The fourth-order valence-electron chi connectivity index (χ4n) is 4.28. The zero-order valence-electron chi connectivity index (χ0n) is 19.5. The number of carbonyl (C=O) groups is 2. The number of likely N-dealkylation sites (tertiary alicyclic amines) is 2. The van der Waals surface area contributed by atoms with Gasteiger partial charge in [-0.25, -0.2) is 9.78 Å². The van der Waals surface area contributed by atoms with E-state index in [1.807, 2.05) is 26.2 Å². The lowest BCUT2D eigenvalue weighted by molar-refractivity contribution is 0.0204. The van der Waals surface area contributed by atoms with Crippen LogP contribution in [0.25, 0.3) is 0 Å². The van der Waals surface area contributed by atoms with Crippen molar-refractivity contribution in [3.63, 3.8) is 0 Å². The molecule has 1 aromatic rings. The van der Waals surface area contributed by atoms with Crippen molar-refractivity contribution in [3.8, 4) is 0 Å². The van der Waals surface area contributed by atoms with Crippen LogP contribution in [-0.2, 0) is 4.74 Å².